The van der Waals surface area contributed by atoms with Crippen LogP contribution in [0.4, 0.5) is 5.69 Å². The molecule has 0 spiro atoms. The number of benzene rings is 2. The third-order valence-corrected chi connectivity index (χ3v) is 9.14. The predicted octanol–water partition coefficient (Wildman–Crippen LogP) is 5.25. The molecule has 2 aromatic carbocycles. The van der Waals surface area contributed by atoms with Gasteiger partial charge >= 0.3 is 5.97 Å². The molecule has 4 rings (SSSR count). The number of nitro groups is 1. The van der Waals surface area contributed by atoms with Crippen molar-refractivity contribution in [3.05, 3.63) is 69.8 Å². The SMILES string of the molecule is N#CC1CCCC(Oc2ccccc2S2(c3ccc([N+](=O)[O-])cc3)C=NC=C2C(=O)O)C1. The highest BCUT2D eigenvalue weighted by molar-refractivity contribution is 8.47. The second-order valence-corrected chi connectivity index (χ2v) is 10.5. The fraction of sp³-hybridized carbons (Fsp3) is 0.261. The number of ether oxygens (including phenoxy) is 1. The largest absolute Gasteiger partial charge is 0.489 e. The van der Waals surface area contributed by atoms with E-state index in [1.807, 2.05) is 18.2 Å². The molecule has 1 saturated carbocycles. The molecule has 0 bridgehead atoms. The molecule has 1 aliphatic carbocycles. The lowest BCUT2D eigenvalue weighted by Gasteiger charge is -2.37. The van der Waals surface area contributed by atoms with Gasteiger partial charge in [-0.1, -0.05) is 12.1 Å². The van der Waals surface area contributed by atoms with Crippen LogP contribution in [0.25, 0.3) is 0 Å². The highest BCUT2D eigenvalue weighted by atomic mass is 32.3. The van der Waals surface area contributed by atoms with E-state index in [9.17, 15) is 25.3 Å². The lowest BCUT2D eigenvalue weighted by atomic mass is 9.88. The van der Waals surface area contributed by atoms with Crippen LogP contribution < -0.4 is 4.74 Å². The number of nitrogens with zero attached hydrogens (tertiary/aromatic N) is 3. The van der Waals surface area contributed by atoms with Crippen molar-refractivity contribution in [1.29, 1.82) is 5.26 Å². The molecule has 1 fully saturated rings. The van der Waals surface area contributed by atoms with Crippen LogP contribution in [0.3, 0.4) is 0 Å². The molecule has 1 N–H and O–H groups in total. The first-order chi connectivity index (χ1) is 15.5. The third kappa shape index (κ3) is 3.85. The van der Waals surface area contributed by atoms with Crippen molar-refractivity contribution in [2.75, 3.05) is 0 Å². The van der Waals surface area contributed by atoms with Crippen LogP contribution in [0.5, 0.6) is 5.75 Å². The Hall–Kier alpha value is -3.64. The second kappa shape index (κ2) is 8.85. The van der Waals surface area contributed by atoms with Crippen molar-refractivity contribution >= 4 is 27.2 Å². The zero-order valence-corrected chi connectivity index (χ0v) is 17.9. The molecule has 1 aliphatic heterocycles. The number of para-hydroxylation sites is 1. The maximum Gasteiger partial charge on any atom is 0.343 e. The van der Waals surface area contributed by atoms with Crippen LogP contribution in [0, 0.1) is 27.4 Å². The number of hydrogen-bond donors (Lipinski definition) is 1. The Balaban J connectivity index is 1.81. The van der Waals surface area contributed by atoms with Crippen LogP contribution in [-0.2, 0) is 4.79 Å². The Labute approximate surface area is 186 Å². The molecular formula is C23H21N3O5S. The van der Waals surface area contributed by atoms with E-state index in [2.05, 4.69) is 11.1 Å². The molecule has 0 aromatic heterocycles. The summed E-state index contributed by atoms with van der Waals surface area (Å²) in [6.45, 7) is 0. The van der Waals surface area contributed by atoms with Gasteiger partial charge in [-0.2, -0.15) is 5.26 Å². The van der Waals surface area contributed by atoms with Gasteiger partial charge in [0, 0.05) is 40.5 Å². The van der Waals surface area contributed by atoms with E-state index in [4.69, 9.17) is 4.74 Å². The van der Waals surface area contributed by atoms with Gasteiger partial charge in [0.15, 0.2) is 0 Å². The average Bonchev–Trinajstić information content (AvgIpc) is 3.26. The molecule has 2 aliphatic rings. The zero-order valence-electron chi connectivity index (χ0n) is 17.1. The highest BCUT2D eigenvalue weighted by Crippen LogP contribution is 2.70. The Kier molecular flexibility index (Phi) is 5.97. The number of non-ortho nitro benzene ring substituents is 1. The molecule has 9 heteroatoms. The quantitative estimate of drug-likeness (QED) is 0.472. The minimum absolute atomic E-state index is 0.0561. The number of hydrogen-bond acceptors (Lipinski definition) is 6. The van der Waals surface area contributed by atoms with Crippen molar-refractivity contribution in [2.24, 2.45) is 10.9 Å². The van der Waals surface area contributed by atoms with Gasteiger partial charge in [-0.25, -0.2) is 4.79 Å². The van der Waals surface area contributed by atoms with Gasteiger partial charge in [-0.05, 0) is 43.5 Å². The highest BCUT2D eigenvalue weighted by Gasteiger charge is 2.41. The monoisotopic (exact) mass is 451 g/mol. The maximum absolute atomic E-state index is 12.2. The number of aliphatic imine (C=N–C) groups is 1. The lowest BCUT2D eigenvalue weighted by molar-refractivity contribution is -0.384. The van der Waals surface area contributed by atoms with Crippen molar-refractivity contribution < 1.29 is 19.6 Å². The average molecular weight is 452 g/mol. The van der Waals surface area contributed by atoms with Gasteiger partial charge in [0.25, 0.3) is 5.69 Å². The van der Waals surface area contributed by atoms with E-state index in [0.717, 1.165) is 19.3 Å². The number of carboxylic acid groups (broad SMARTS) is 1. The van der Waals surface area contributed by atoms with Crippen LogP contribution in [0.2, 0.25) is 0 Å². The summed E-state index contributed by atoms with van der Waals surface area (Å²) in [5.41, 5.74) is 1.55. The number of aliphatic carboxylic acids is 1. The molecular weight excluding hydrogens is 430 g/mol. The van der Waals surface area contributed by atoms with Gasteiger partial charge in [0.05, 0.1) is 16.5 Å². The molecule has 164 valence electrons. The minimum atomic E-state index is -2.44. The molecule has 8 nitrogen and oxygen atoms in total. The summed E-state index contributed by atoms with van der Waals surface area (Å²) in [6.07, 6.45) is 4.39. The Morgan fingerprint density at radius 3 is 2.66 bits per heavy atom. The van der Waals surface area contributed by atoms with Crippen LogP contribution in [0.1, 0.15) is 25.7 Å². The Morgan fingerprint density at radius 2 is 1.97 bits per heavy atom. The molecule has 0 amide bonds. The van der Waals surface area contributed by atoms with E-state index in [1.165, 1.54) is 18.3 Å². The summed E-state index contributed by atoms with van der Waals surface area (Å²) in [4.78, 5) is 28.4. The van der Waals surface area contributed by atoms with Crippen molar-refractivity contribution in [1.82, 2.24) is 0 Å². The number of nitro benzene ring substituents is 1. The first kappa shape index (κ1) is 21.6. The van der Waals surface area contributed by atoms with Crippen LogP contribution >= 0.6 is 10.0 Å². The Bertz CT molecular complexity index is 1150. The summed E-state index contributed by atoms with van der Waals surface area (Å²) < 4.78 is 6.35. The van der Waals surface area contributed by atoms with E-state index in [-0.39, 0.29) is 22.6 Å². The second-order valence-electron chi connectivity index (χ2n) is 7.64. The summed E-state index contributed by atoms with van der Waals surface area (Å²) in [5, 5.41) is 30.4. The Morgan fingerprint density at radius 1 is 1.22 bits per heavy atom. The first-order valence-electron chi connectivity index (χ1n) is 10.2. The van der Waals surface area contributed by atoms with E-state index >= 15 is 0 Å². The van der Waals surface area contributed by atoms with Crippen molar-refractivity contribution in [3.63, 3.8) is 0 Å². The van der Waals surface area contributed by atoms with E-state index < -0.39 is 20.9 Å². The summed E-state index contributed by atoms with van der Waals surface area (Å²) in [7, 11) is -2.44. The fourth-order valence-electron chi connectivity index (χ4n) is 4.16. The van der Waals surface area contributed by atoms with Crippen molar-refractivity contribution in [2.45, 2.75) is 41.6 Å². The normalized spacial score (nSPS) is 26.4. The van der Waals surface area contributed by atoms with E-state index in [1.54, 1.807) is 23.7 Å². The summed E-state index contributed by atoms with van der Waals surface area (Å²) >= 11 is 0. The predicted molar refractivity (Wildman–Crippen MR) is 120 cm³/mol. The molecule has 2 aromatic rings. The molecule has 0 radical (unpaired) electrons. The minimum Gasteiger partial charge on any atom is -0.489 e. The topological polar surface area (TPSA) is 126 Å². The van der Waals surface area contributed by atoms with Crippen LogP contribution in [0.15, 0.2) is 74.4 Å². The van der Waals surface area contributed by atoms with Gasteiger partial charge in [-0.15, -0.1) is 10.0 Å². The maximum atomic E-state index is 12.2. The van der Waals surface area contributed by atoms with Gasteiger partial charge < -0.3 is 9.84 Å². The molecule has 0 saturated heterocycles. The smallest absolute Gasteiger partial charge is 0.343 e. The summed E-state index contributed by atoms with van der Waals surface area (Å²) in [6, 6.07) is 15.5. The number of carboxylic acids is 1. The standard InChI is InChI=1S/C23H21N3O5S/c24-13-16-4-3-5-18(12-16)31-20-6-1-2-7-21(20)32(15-25-14-22(32)23(27)28)19-10-8-17(9-11-19)26(29)30/h1-2,6-11,14-16,18H,3-5,12H2,(H,27,28). The zero-order chi connectivity index (χ0) is 22.7. The molecule has 32 heavy (non-hydrogen) atoms. The fourth-order valence-corrected chi connectivity index (χ4v) is 7.29. The molecule has 3 atom stereocenters. The van der Waals surface area contributed by atoms with Crippen LogP contribution in [-0.4, -0.2) is 27.6 Å². The number of nitriles is 1. The van der Waals surface area contributed by atoms with Gasteiger partial charge in [0.2, 0.25) is 0 Å². The van der Waals surface area contributed by atoms with Gasteiger partial charge in [0.1, 0.15) is 16.8 Å². The van der Waals surface area contributed by atoms with Gasteiger partial charge in [-0.3, -0.25) is 15.1 Å². The molecule has 3 unspecified atom stereocenters. The third-order valence-electron chi connectivity index (χ3n) is 5.69. The first-order valence-corrected chi connectivity index (χ1v) is 11.8. The number of carbonyl (C=O) groups is 1. The lowest BCUT2D eigenvalue weighted by Crippen LogP contribution is -2.25. The number of rotatable bonds is 6. The summed E-state index contributed by atoms with van der Waals surface area (Å²) in [5.74, 6) is -0.614. The van der Waals surface area contributed by atoms with Crippen molar-refractivity contribution in [3.8, 4) is 11.8 Å². The van der Waals surface area contributed by atoms with E-state index in [0.29, 0.717) is 22.0 Å². The molecule has 1 heterocycles.